The summed E-state index contributed by atoms with van der Waals surface area (Å²) in [6.45, 7) is 1.04. The second kappa shape index (κ2) is 8.23. The fourth-order valence-electron chi connectivity index (χ4n) is 4.24. The fourth-order valence-corrected chi connectivity index (χ4v) is 5.78. The van der Waals surface area contributed by atoms with Crippen LogP contribution in [-0.4, -0.2) is 48.5 Å². The largest absolute Gasteiger partial charge is 0.482 e. The molecular formula is C21H26N4O5S. The smallest absolute Gasteiger partial charge is 0.265 e. The molecule has 2 aliphatic heterocycles. The van der Waals surface area contributed by atoms with Crippen molar-refractivity contribution in [3.8, 4) is 5.75 Å². The summed E-state index contributed by atoms with van der Waals surface area (Å²) in [6.07, 6.45) is 7.04. The van der Waals surface area contributed by atoms with Gasteiger partial charge in [0.2, 0.25) is 15.9 Å². The van der Waals surface area contributed by atoms with Gasteiger partial charge < -0.3 is 9.26 Å². The number of ether oxygens (including phenoxy) is 1. The third-order valence-electron chi connectivity index (χ3n) is 6.31. The summed E-state index contributed by atoms with van der Waals surface area (Å²) in [5, 5.41) is 4.03. The molecule has 1 aliphatic carbocycles. The Morgan fingerprint density at radius 2 is 1.84 bits per heavy atom. The van der Waals surface area contributed by atoms with Crippen molar-refractivity contribution in [2.24, 2.45) is 0 Å². The summed E-state index contributed by atoms with van der Waals surface area (Å²) in [5.41, 5.74) is 0.419. The fraction of sp³-hybridized carbons (Fsp3) is 0.571. The summed E-state index contributed by atoms with van der Waals surface area (Å²) in [6, 6.07) is 4.70. The molecule has 9 nitrogen and oxygen atoms in total. The molecule has 0 atom stereocenters. The van der Waals surface area contributed by atoms with Crippen molar-refractivity contribution < 1.29 is 22.5 Å². The van der Waals surface area contributed by atoms with E-state index in [9.17, 15) is 13.2 Å². The third-order valence-corrected chi connectivity index (χ3v) is 8.21. The molecule has 0 spiro atoms. The second-order valence-electron chi connectivity index (χ2n) is 8.39. The van der Waals surface area contributed by atoms with Crippen molar-refractivity contribution in [2.75, 3.05) is 24.6 Å². The van der Waals surface area contributed by atoms with Gasteiger partial charge in [0.05, 0.1) is 17.1 Å². The van der Waals surface area contributed by atoms with E-state index in [2.05, 4.69) is 10.1 Å². The lowest BCUT2D eigenvalue weighted by Crippen LogP contribution is -2.39. The van der Waals surface area contributed by atoms with Crippen LogP contribution in [0.15, 0.2) is 27.6 Å². The maximum absolute atomic E-state index is 13.2. The number of sulfonamides is 1. The molecule has 0 N–H and O–H groups in total. The number of amides is 1. The molecule has 1 saturated carbocycles. The van der Waals surface area contributed by atoms with E-state index in [1.807, 2.05) is 0 Å². The molecule has 3 aliphatic rings. The van der Waals surface area contributed by atoms with Crippen LogP contribution in [0.5, 0.6) is 5.75 Å². The first-order chi connectivity index (χ1) is 15.0. The standard InChI is InChI=1S/C21H26N4O5S/c26-20-14-29-18-9-8-16(31(27,28)24-10-3-1-2-4-11-24)12-17(18)25(20)13-19-22-21(30-23-19)15-6-5-7-15/h8-9,12,15H,1-7,10-11,13-14H2. The van der Waals surface area contributed by atoms with Gasteiger partial charge in [-0.1, -0.05) is 24.4 Å². The van der Waals surface area contributed by atoms with Crippen LogP contribution >= 0.6 is 0 Å². The molecule has 1 aromatic heterocycles. The monoisotopic (exact) mass is 446 g/mol. The van der Waals surface area contributed by atoms with Gasteiger partial charge in [0.1, 0.15) is 5.75 Å². The molecular weight excluding hydrogens is 420 g/mol. The van der Waals surface area contributed by atoms with Crippen LogP contribution in [0.25, 0.3) is 0 Å². The van der Waals surface area contributed by atoms with Crippen molar-refractivity contribution in [2.45, 2.75) is 62.3 Å². The molecule has 2 aromatic rings. The predicted molar refractivity (Wildman–Crippen MR) is 111 cm³/mol. The van der Waals surface area contributed by atoms with Gasteiger partial charge in [-0.2, -0.15) is 9.29 Å². The van der Waals surface area contributed by atoms with E-state index in [-0.39, 0.29) is 24.0 Å². The highest BCUT2D eigenvalue weighted by Crippen LogP contribution is 2.37. The number of fused-ring (bicyclic) bond motifs is 1. The van der Waals surface area contributed by atoms with Gasteiger partial charge >= 0.3 is 0 Å². The zero-order chi connectivity index (χ0) is 21.4. The minimum atomic E-state index is -3.65. The Morgan fingerprint density at radius 3 is 2.55 bits per heavy atom. The van der Waals surface area contributed by atoms with Crippen LogP contribution in [0.4, 0.5) is 5.69 Å². The van der Waals surface area contributed by atoms with E-state index >= 15 is 0 Å². The van der Waals surface area contributed by atoms with Gasteiger partial charge in [0, 0.05) is 19.0 Å². The topological polar surface area (TPSA) is 106 Å². The number of rotatable bonds is 5. The predicted octanol–water partition coefficient (Wildman–Crippen LogP) is 2.83. The Kier molecular flexibility index (Phi) is 5.43. The summed E-state index contributed by atoms with van der Waals surface area (Å²) < 4.78 is 38.9. The normalized spacial score (nSPS) is 20.6. The highest BCUT2D eigenvalue weighted by atomic mass is 32.2. The van der Waals surface area contributed by atoms with Crippen LogP contribution in [0.2, 0.25) is 0 Å². The maximum Gasteiger partial charge on any atom is 0.265 e. The zero-order valence-corrected chi connectivity index (χ0v) is 18.1. The molecule has 31 heavy (non-hydrogen) atoms. The lowest BCUT2D eigenvalue weighted by Gasteiger charge is -2.29. The average molecular weight is 447 g/mol. The number of hydrogen-bond acceptors (Lipinski definition) is 7. The van der Waals surface area contributed by atoms with Crippen molar-refractivity contribution in [1.82, 2.24) is 14.4 Å². The maximum atomic E-state index is 13.2. The van der Waals surface area contributed by atoms with E-state index in [0.717, 1.165) is 44.9 Å². The summed E-state index contributed by atoms with van der Waals surface area (Å²) in [4.78, 5) is 18.7. The highest BCUT2D eigenvalue weighted by molar-refractivity contribution is 7.89. The average Bonchev–Trinajstić information content (AvgIpc) is 2.98. The minimum Gasteiger partial charge on any atom is -0.482 e. The molecule has 1 amide bonds. The van der Waals surface area contributed by atoms with Crippen molar-refractivity contribution in [3.05, 3.63) is 29.9 Å². The molecule has 5 rings (SSSR count). The van der Waals surface area contributed by atoms with Crippen LogP contribution in [0.1, 0.15) is 62.6 Å². The first kappa shape index (κ1) is 20.4. The lowest BCUT2D eigenvalue weighted by molar-refractivity contribution is -0.121. The van der Waals surface area contributed by atoms with E-state index in [4.69, 9.17) is 9.26 Å². The number of carbonyl (C=O) groups is 1. The zero-order valence-electron chi connectivity index (χ0n) is 17.3. The summed E-state index contributed by atoms with van der Waals surface area (Å²) in [7, 11) is -3.65. The van der Waals surface area contributed by atoms with Crippen LogP contribution in [-0.2, 0) is 21.4 Å². The summed E-state index contributed by atoms with van der Waals surface area (Å²) >= 11 is 0. The number of anilines is 1. The quantitative estimate of drug-likeness (QED) is 0.695. The molecule has 0 unspecified atom stereocenters. The first-order valence-corrected chi connectivity index (χ1v) is 12.4. The van der Waals surface area contributed by atoms with Gasteiger partial charge in [-0.15, -0.1) is 0 Å². The Morgan fingerprint density at radius 1 is 1.06 bits per heavy atom. The van der Waals surface area contributed by atoms with Crippen molar-refractivity contribution >= 4 is 21.6 Å². The second-order valence-corrected chi connectivity index (χ2v) is 10.3. The Labute approximate surface area is 181 Å². The Balaban J connectivity index is 1.43. The molecule has 1 saturated heterocycles. The van der Waals surface area contributed by atoms with Gasteiger partial charge in [-0.3, -0.25) is 9.69 Å². The molecule has 10 heteroatoms. The van der Waals surface area contributed by atoms with E-state index < -0.39 is 10.0 Å². The molecule has 3 heterocycles. The van der Waals surface area contributed by atoms with Crippen LogP contribution < -0.4 is 9.64 Å². The Hall–Kier alpha value is -2.46. The number of carbonyl (C=O) groups excluding carboxylic acids is 1. The van der Waals surface area contributed by atoms with E-state index in [1.54, 1.807) is 16.4 Å². The molecule has 1 aromatic carbocycles. The SMILES string of the molecule is O=C1COc2ccc(S(=O)(=O)N3CCCCCC3)cc2N1Cc1noc(C2CCC2)n1. The van der Waals surface area contributed by atoms with E-state index in [1.165, 1.54) is 11.0 Å². The molecule has 0 bridgehead atoms. The van der Waals surface area contributed by atoms with Crippen LogP contribution in [0, 0.1) is 0 Å². The number of nitrogens with zero attached hydrogens (tertiary/aromatic N) is 4. The van der Waals surface area contributed by atoms with Gasteiger partial charge in [-0.05, 0) is 43.9 Å². The first-order valence-electron chi connectivity index (χ1n) is 10.9. The Bertz CT molecular complexity index is 1070. The number of hydrogen-bond donors (Lipinski definition) is 0. The van der Waals surface area contributed by atoms with Crippen LogP contribution in [0.3, 0.4) is 0 Å². The van der Waals surface area contributed by atoms with Gasteiger partial charge in [0.15, 0.2) is 12.4 Å². The molecule has 0 radical (unpaired) electrons. The van der Waals surface area contributed by atoms with E-state index in [0.29, 0.717) is 42.2 Å². The van der Waals surface area contributed by atoms with Crippen molar-refractivity contribution in [1.29, 1.82) is 0 Å². The third kappa shape index (κ3) is 3.94. The number of aromatic nitrogens is 2. The van der Waals surface area contributed by atoms with Crippen molar-refractivity contribution in [3.63, 3.8) is 0 Å². The highest BCUT2D eigenvalue weighted by Gasteiger charge is 2.32. The molecule has 166 valence electrons. The van der Waals surface area contributed by atoms with Gasteiger partial charge in [0.25, 0.3) is 5.91 Å². The minimum absolute atomic E-state index is 0.110. The summed E-state index contributed by atoms with van der Waals surface area (Å²) in [5.74, 6) is 1.52. The van der Waals surface area contributed by atoms with Gasteiger partial charge in [-0.25, -0.2) is 8.42 Å². The lowest BCUT2D eigenvalue weighted by atomic mass is 9.85. The number of benzene rings is 1. The molecule has 2 fully saturated rings.